The first-order valence-corrected chi connectivity index (χ1v) is 5.57. The molecule has 0 fully saturated rings. The Balaban J connectivity index is 3.74. The van der Waals surface area contributed by atoms with Gasteiger partial charge < -0.3 is 4.79 Å². The average Bonchev–Trinajstić information content (AvgIpc) is 2.02. The highest BCUT2D eigenvalue weighted by Gasteiger charge is 2.14. The first-order chi connectivity index (χ1) is 6.07. The molecule has 13 heavy (non-hydrogen) atoms. The van der Waals surface area contributed by atoms with E-state index in [4.69, 9.17) is 0 Å². The second kappa shape index (κ2) is 7.11. The first kappa shape index (κ1) is 12.7. The van der Waals surface area contributed by atoms with Crippen molar-refractivity contribution in [3.8, 4) is 0 Å². The third-order valence-electron chi connectivity index (χ3n) is 2.67. The number of hydrogen-bond donors (Lipinski definition) is 0. The standard InChI is InChI=1S/C12H24O/c1-5-6-7-8-12(10(2)3)9-11(4)13/h10,12H,5-9H2,1-4H3. The van der Waals surface area contributed by atoms with E-state index in [0.29, 0.717) is 17.6 Å². The predicted octanol–water partition coefficient (Wildman–Crippen LogP) is 3.82. The van der Waals surface area contributed by atoms with Crippen molar-refractivity contribution in [1.82, 2.24) is 0 Å². The summed E-state index contributed by atoms with van der Waals surface area (Å²) in [4.78, 5) is 11.0. The number of unbranched alkanes of at least 4 members (excludes halogenated alkanes) is 2. The fourth-order valence-corrected chi connectivity index (χ4v) is 1.70. The Labute approximate surface area is 82.9 Å². The molecule has 0 aliphatic heterocycles. The van der Waals surface area contributed by atoms with E-state index in [9.17, 15) is 4.79 Å². The van der Waals surface area contributed by atoms with Crippen molar-refractivity contribution in [1.29, 1.82) is 0 Å². The minimum absolute atomic E-state index is 0.343. The monoisotopic (exact) mass is 184 g/mol. The van der Waals surface area contributed by atoms with Crippen molar-refractivity contribution in [2.45, 2.75) is 59.8 Å². The van der Waals surface area contributed by atoms with E-state index in [1.807, 2.05) is 0 Å². The number of carbonyl (C=O) groups is 1. The largest absolute Gasteiger partial charge is 0.300 e. The van der Waals surface area contributed by atoms with Gasteiger partial charge in [-0.3, -0.25) is 0 Å². The van der Waals surface area contributed by atoms with Crippen LogP contribution in [0.2, 0.25) is 0 Å². The Morgan fingerprint density at radius 2 is 1.85 bits per heavy atom. The summed E-state index contributed by atoms with van der Waals surface area (Å²) < 4.78 is 0. The molecule has 1 unspecified atom stereocenters. The van der Waals surface area contributed by atoms with Gasteiger partial charge in [0, 0.05) is 6.42 Å². The van der Waals surface area contributed by atoms with Crippen molar-refractivity contribution in [3.05, 3.63) is 0 Å². The van der Waals surface area contributed by atoms with Crippen LogP contribution in [0.25, 0.3) is 0 Å². The molecule has 0 aliphatic rings. The van der Waals surface area contributed by atoms with Crippen LogP contribution in [0.1, 0.15) is 59.8 Å². The lowest BCUT2D eigenvalue weighted by molar-refractivity contribution is -0.118. The van der Waals surface area contributed by atoms with E-state index in [2.05, 4.69) is 20.8 Å². The maximum absolute atomic E-state index is 11.0. The number of hydrogen-bond acceptors (Lipinski definition) is 1. The summed E-state index contributed by atoms with van der Waals surface area (Å²) in [5.74, 6) is 1.61. The van der Waals surface area contributed by atoms with Crippen molar-refractivity contribution in [2.75, 3.05) is 0 Å². The quantitative estimate of drug-likeness (QED) is 0.550. The molecule has 1 atom stereocenters. The second-order valence-electron chi connectivity index (χ2n) is 4.41. The van der Waals surface area contributed by atoms with Crippen LogP contribution in [0.5, 0.6) is 0 Å². The van der Waals surface area contributed by atoms with Crippen molar-refractivity contribution in [3.63, 3.8) is 0 Å². The number of carbonyl (C=O) groups excluding carboxylic acids is 1. The van der Waals surface area contributed by atoms with Crippen molar-refractivity contribution >= 4 is 5.78 Å². The summed E-state index contributed by atoms with van der Waals surface area (Å²) in [7, 11) is 0. The van der Waals surface area contributed by atoms with Gasteiger partial charge >= 0.3 is 0 Å². The highest BCUT2D eigenvalue weighted by atomic mass is 16.1. The Hall–Kier alpha value is -0.330. The molecule has 0 bridgehead atoms. The molecule has 1 heteroatoms. The lowest BCUT2D eigenvalue weighted by Crippen LogP contribution is -2.12. The summed E-state index contributed by atoms with van der Waals surface area (Å²) in [5.41, 5.74) is 0. The number of rotatable bonds is 7. The van der Waals surface area contributed by atoms with E-state index >= 15 is 0 Å². The Bertz CT molecular complexity index is 138. The molecule has 0 saturated carbocycles. The van der Waals surface area contributed by atoms with Crippen LogP contribution in [0.15, 0.2) is 0 Å². The molecule has 0 spiro atoms. The van der Waals surface area contributed by atoms with Gasteiger partial charge in [0.2, 0.25) is 0 Å². The van der Waals surface area contributed by atoms with Gasteiger partial charge in [0.25, 0.3) is 0 Å². The molecule has 1 nitrogen and oxygen atoms in total. The maximum atomic E-state index is 11.0. The molecule has 0 heterocycles. The Kier molecular flexibility index (Phi) is 6.93. The summed E-state index contributed by atoms with van der Waals surface area (Å²) in [5, 5.41) is 0. The normalized spacial score (nSPS) is 13.3. The zero-order valence-electron chi connectivity index (χ0n) is 9.60. The fourth-order valence-electron chi connectivity index (χ4n) is 1.70. The zero-order valence-corrected chi connectivity index (χ0v) is 9.60. The first-order valence-electron chi connectivity index (χ1n) is 5.57. The van der Waals surface area contributed by atoms with Gasteiger partial charge in [-0.1, -0.05) is 40.0 Å². The number of Topliss-reactive ketones (excluding diaryl/α,β-unsaturated/α-hetero) is 1. The van der Waals surface area contributed by atoms with E-state index in [0.717, 1.165) is 6.42 Å². The molecule has 0 amide bonds. The molecule has 0 saturated heterocycles. The van der Waals surface area contributed by atoms with Crippen LogP contribution in [0.3, 0.4) is 0 Å². The summed E-state index contributed by atoms with van der Waals surface area (Å²) in [6.45, 7) is 8.36. The van der Waals surface area contributed by atoms with Crippen molar-refractivity contribution in [2.24, 2.45) is 11.8 Å². The summed E-state index contributed by atoms with van der Waals surface area (Å²) in [6.07, 6.45) is 5.87. The minimum atomic E-state index is 0.343. The zero-order chi connectivity index (χ0) is 10.3. The molecule has 0 aromatic rings. The SMILES string of the molecule is CCCCCC(CC(C)=O)C(C)C. The molecular weight excluding hydrogens is 160 g/mol. The Morgan fingerprint density at radius 3 is 2.23 bits per heavy atom. The molecular formula is C12H24O. The molecule has 0 rings (SSSR count). The highest BCUT2D eigenvalue weighted by Crippen LogP contribution is 2.22. The summed E-state index contributed by atoms with van der Waals surface area (Å²) in [6, 6.07) is 0. The van der Waals surface area contributed by atoms with Crippen LogP contribution in [0.4, 0.5) is 0 Å². The third kappa shape index (κ3) is 6.80. The van der Waals surface area contributed by atoms with Crippen LogP contribution in [-0.2, 0) is 4.79 Å². The van der Waals surface area contributed by atoms with Crippen LogP contribution < -0.4 is 0 Å². The van der Waals surface area contributed by atoms with Gasteiger partial charge in [-0.15, -0.1) is 0 Å². The maximum Gasteiger partial charge on any atom is 0.130 e. The van der Waals surface area contributed by atoms with Crippen molar-refractivity contribution < 1.29 is 4.79 Å². The lowest BCUT2D eigenvalue weighted by Gasteiger charge is -2.19. The molecule has 0 radical (unpaired) electrons. The summed E-state index contributed by atoms with van der Waals surface area (Å²) >= 11 is 0. The van der Waals surface area contributed by atoms with Gasteiger partial charge in [0.05, 0.1) is 0 Å². The highest BCUT2D eigenvalue weighted by molar-refractivity contribution is 5.75. The van der Waals surface area contributed by atoms with Gasteiger partial charge in [-0.2, -0.15) is 0 Å². The van der Waals surface area contributed by atoms with Gasteiger partial charge in [0.1, 0.15) is 5.78 Å². The van der Waals surface area contributed by atoms with Crippen LogP contribution in [-0.4, -0.2) is 5.78 Å². The fraction of sp³-hybridized carbons (Fsp3) is 0.917. The van der Waals surface area contributed by atoms with E-state index in [-0.39, 0.29) is 0 Å². The van der Waals surface area contributed by atoms with Crippen LogP contribution >= 0.6 is 0 Å². The van der Waals surface area contributed by atoms with E-state index in [1.54, 1.807) is 6.92 Å². The molecule has 0 aromatic heterocycles. The Morgan fingerprint density at radius 1 is 1.23 bits per heavy atom. The predicted molar refractivity (Wildman–Crippen MR) is 57.8 cm³/mol. The molecule has 0 N–H and O–H groups in total. The van der Waals surface area contributed by atoms with Gasteiger partial charge in [0.15, 0.2) is 0 Å². The third-order valence-corrected chi connectivity index (χ3v) is 2.67. The second-order valence-corrected chi connectivity index (χ2v) is 4.41. The molecule has 0 aromatic carbocycles. The van der Waals surface area contributed by atoms with E-state index in [1.165, 1.54) is 25.7 Å². The lowest BCUT2D eigenvalue weighted by atomic mass is 9.86. The van der Waals surface area contributed by atoms with Gasteiger partial charge in [-0.05, 0) is 25.2 Å². The smallest absolute Gasteiger partial charge is 0.130 e. The minimum Gasteiger partial charge on any atom is -0.300 e. The van der Waals surface area contributed by atoms with Crippen LogP contribution in [0, 0.1) is 11.8 Å². The molecule has 78 valence electrons. The average molecular weight is 184 g/mol. The van der Waals surface area contributed by atoms with Gasteiger partial charge in [-0.25, -0.2) is 0 Å². The number of ketones is 1. The molecule has 0 aliphatic carbocycles. The van der Waals surface area contributed by atoms with E-state index < -0.39 is 0 Å². The topological polar surface area (TPSA) is 17.1 Å².